The predicted octanol–water partition coefficient (Wildman–Crippen LogP) is 6.13. The van der Waals surface area contributed by atoms with E-state index in [-0.39, 0.29) is 35.8 Å². The van der Waals surface area contributed by atoms with Crippen LogP contribution in [0, 0.1) is 0 Å². The number of halogens is 2. The van der Waals surface area contributed by atoms with Crippen molar-refractivity contribution in [3.8, 4) is 11.5 Å². The summed E-state index contributed by atoms with van der Waals surface area (Å²) in [7, 11) is 6.10. The molecule has 0 unspecified atom stereocenters. The minimum Gasteiger partial charge on any atom is -0.495 e. The molecule has 0 aliphatic carbocycles. The van der Waals surface area contributed by atoms with Crippen LogP contribution in [-0.4, -0.2) is 145 Å². The molecule has 0 fully saturated rings. The molecule has 2 aromatic carbocycles. The normalized spacial score (nSPS) is 12.5. The summed E-state index contributed by atoms with van der Waals surface area (Å²) in [5.74, 6) is -0.758. The van der Waals surface area contributed by atoms with Crippen LogP contribution in [0.2, 0.25) is 0 Å². The zero-order chi connectivity index (χ0) is 39.6. The Morgan fingerprint density at radius 2 is 0.833 bits per heavy atom. The molecule has 0 N–H and O–H groups in total. The van der Waals surface area contributed by atoms with Crippen LogP contribution in [0.15, 0.2) is 43.4 Å². The molecule has 0 spiro atoms. The minimum atomic E-state index is -0.642. The van der Waals surface area contributed by atoms with Crippen molar-refractivity contribution in [2.75, 3.05) is 121 Å². The predicted molar refractivity (Wildman–Crippen MR) is 204 cm³/mol. The fourth-order valence-electron chi connectivity index (χ4n) is 4.33. The largest absolute Gasteiger partial charge is 0.495 e. The molecular weight excluding hydrogens is 844 g/mol. The number of esters is 2. The molecule has 304 valence electrons. The van der Waals surface area contributed by atoms with Crippen molar-refractivity contribution < 1.29 is 66.4 Å². The van der Waals surface area contributed by atoms with Gasteiger partial charge >= 0.3 is 11.9 Å². The fourth-order valence-corrected chi connectivity index (χ4v) is 5.55. The Kier molecular flexibility index (Phi) is 25.1. The summed E-state index contributed by atoms with van der Waals surface area (Å²) < 4.78 is 65.6. The number of hydrogen-bond acceptors (Lipinski definition) is 16. The van der Waals surface area contributed by atoms with Gasteiger partial charge in [-0.1, -0.05) is 0 Å². The standard InChI is InChI=1S/C36H52Br2N2O14/c1-25(23-51-17-15-49-13-11-47-9-7-43-3)53-35(41)29-19-27(21-31(37)33(29)45-5)39-40-28-20-30(34(46-6)32(38)22-28)36(42)54-26(2)24-52-18-16-50-14-12-48-10-8-44-4/h19-22,25-26H,7-18,23-24H2,1-6H3/t25-,26-/m0/s1. The van der Waals surface area contributed by atoms with Gasteiger partial charge in [0.15, 0.2) is 0 Å². The Balaban J connectivity index is 1.97. The van der Waals surface area contributed by atoms with E-state index in [1.165, 1.54) is 26.4 Å². The Bertz CT molecular complexity index is 1310. The SMILES string of the molecule is COCCOCCOCCOC[C@H](C)OC(=O)c1cc(N=Nc2cc(Br)c(OC)c(C(=O)O[C@@H](C)COCCOCCOCCOC)c2)cc(Br)c1OC. The van der Waals surface area contributed by atoms with Crippen LogP contribution in [0.1, 0.15) is 34.6 Å². The number of carbonyl (C=O) groups is 2. The first-order valence-corrected chi connectivity index (χ1v) is 18.8. The maximum atomic E-state index is 13.2. The molecule has 0 radical (unpaired) electrons. The van der Waals surface area contributed by atoms with Gasteiger partial charge in [-0.05, 0) is 70.0 Å². The molecule has 0 aromatic heterocycles. The third-order valence-electron chi connectivity index (χ3n) is 6.86. The zero-order valence-corrected chi connectivity index (χ0v) is 34.9. The minimum absolute atomic E-state index is 0.124. The van der Waals surface area contributed by atoms with Crippen LogP contribution in [0.25, 0.3) is 0 Å². The molecule has 0 bridgehead atoms. The molecule has 0 aliphatic rings. The van der Waals surface area contributed by atoms with Gasteiger partial charge in [0, 0.05) is 14.2 Å². The average Bonchev–Trinajstić information content (AvgIpc) is 3.14. The molecule has 54 heavy (non-hydrogen) atoms. The van der Waals surface area contributed by atoms with Gasteiger partial charge in [0.2, 0.25) is 0 Å². The number of ether oxygens (including phenoxy) is 12. The highest BCUT2D eigenvalue weighted by Gasteiger charge is 2.22. The highest BCUT2D eigenvalue weighted by Crippen LogP contribution is 2.37. The molecular formula is C36H52Br2N2O14. The van der Waals surface area contributed by atoms with Crippen molar-refractivity contribution in [3.05, 3.63) is 44.3 Å². The third kappa shape index (κ3) is 18.7. The van der Waals surface area contributed by atoms with Gasteiger partial charge in [-0.3, -0.25) is 0 Å². The lowest BCUT2D eigenvalue weighted by Crippen LogP contribution is -2.22. The Labute approximate surface area is 333 Å². The van der Waals surface area contributed by atoms with Crippen molar-refractivity contribution in [2.24, 2.45) is 10.2 Å². The molecule has 0 saturated heterocycles. The van der Waals surface area contributed by atoms with Crippen molar-refractivity contribution in [3.63, 3.8) is 0 Å². The quantitative estimate of drug-likeness (QED) is 0.0499. The maximum absolute atomic E-state index is 13.2. The Morgan fingerprint density at radius 1 is 0.519 bits per heavy atom. The van der Waals surface area contributed by atoms with Crippen molar-refractivity contribution in [1.82, 2.24) is 0 Å². The average molecular weight is 897 g/mol. The summed E-state index contributed by atoms with van der Waals surface area (Å²) in [6.45, 7) is 9.00. The lowest BCUT2D eigenvalue weighted by Gasteiger charge is -2.16. The molecule has 2 atom stereocenters. The van der Waals surface area contributed by atoms with Crippen LogP contribution in [0.5, 0.6) is 11.5 Å². The van der Waals surface area contributed by atoms with E-state index in [1.807, 2.05) is 0 Å². The van der Waals surface area contributed by atoms with E-state index in [1.54, 1.807) is 40.2 Å². The van der Waals surface area contributed by atoms with Crippen molar-refractivity contribution in [1.29, 1.82) is 0 Å². The van der Waals surface area contributed by atoms with Gasteiger partial charge in [-0.15, -0.1) is 0 Å². The van der Waals surface area contributed by atoms with Crippen LogP contribution >= 0.6 is 31.9 Å². The van der Waals surface area contributed by atoms with E-state index in [0.717, 1.165) is 0 Å². The second kappa shape index (κ2) is 28.6. The van der Waals surface area contributed by atoms with Crippen LogP contribution in [-0.2, 0) is 47.4 Å². The summed E-state index contributed by atoms with van der Waals surface area (Å²) in [5.41, 5.74) is 0.872. The zero-order valence-electron chi connectivity index (χ0n) is 31.7. The summed E-state index contributed by atoms with van der Waals surface area (Å²) in [4.78, 5) is 26.4. The van der Waals surface area contributed by atoms with Crippen molar-refractivity contribution >= 4 is 55.2 Å². The second-order valence-electron chi connectivity index (χ2n) is 11.2. The van der Waals surface area contributed by atoms with Crippen molar-refractivity contribution in [2.45, 2.75) is 26.1 Å². The van der Waals surface area contributed by atoms with Gasteiger partial charge in [0.05, 0.1) is 127 Å². The highest BCUT2D eigenvalue weighted by atomic mass is 79.9. The molecule has 2 rings (SSSR count). The second-order valence-corrected chi connectivity index (χ2v) is 12.9. The van der Waals surface area contributed by atoms with E-state index in [0.29, 0.717) is 99.6 Å². The number of nitrogens with zero attached hydrogens (tertiary/aromatic N) is 2. The lowest BCUT2D eigenvalue weighted by atomic mass is 10.1. The number of azo groups is 1. The molecule has 18 heteroatoms. The maximum Gasteiger partial charge on any atom is 0.342 e. The molecule has 2 aromatic rings. The molecule has 16 nitrogen and oxygen atoms in total. The molecule has 0 saturated carbocycles. The number of hydrogen-bond donors (Lipinski definition) is 0. The third-order valence-corrected chi connectivity index (χ3v) is 8.04. The van der Waals surface area contributed by atoms with Gasteiger partial charge in [-0.2, -0.15) is 10.2 Å². The smallest absolute Gasteiger partial charge is 0.342 e. The number of benzene rings is 2. The van der Waals surface area contributed by atoms with Crippen LogP contribution in [0.4, 0.5) is 11.4 Å². The first kappa shape index (κ1) is 47.4. The topological polar surface area (TPSA) is 170 Å². The van der Waals surface area contributed by atoms with Gasteiger partial charge in [-0.25, -0.2) is 9.59 Å². The Hall–Kier alpha value is -2.78. The van der Waals surface area contributed by atoms with Gasteiger partial charge in [0.25, 0.3) is 0 Å². The monoisotopic (exact) mass is 894 g/mol. The van der Waals surface area contributed by atoms with Gasteiger partial charge < -0.3 is 56.8 Å². The van der Waals surface area contributed by atoms with E-state index >= 15 is 0 Å². The first-order valence-electron chi connectivity index (χ1n) is 17.2. The molecule has 0 aliphatic heterocycles. The fraction of sp³-hybridized carbons (Fsp3) is 0.611. The summed E-state index contributed by atoms with van der Waals surface area (Å²) in [6, 6.07) is 6.24. The lowest BCUT2D eigenvalue weighted by molar-refractivity contribution is -0.0220. The summed E-state index contributed by atoms with van der Waals surface area (Å²) in [6.07, 6.45) is -1.13. The highest BCUT2D eigenvalue weighted by molar-refractivity contribution is 9.11. The number of carbonyl (C=O) groups excluding carboxylic acids is 2. The summed E-state index contributed by atoms with van der Waals surface area (Å²) >= 11 is 6.87. The van der Waals surface area contributed by atoms with Gasteiger partial charge in [0.1, 0.15) is 34.8 Å². The van der Waals surface area contributed by atoms with Crippen LogP contribution in [0.3, 0.4) is 0 Å². The van der Waals surface area contributed by atoms with E-state index < -0.39 is 24.1 Å². The molecule has 0 heterocycles. The Morgan fingerprint density at radius 3 is 1.15 bits per heavy atom. The number of rotatable bonds is 30. The van der Waals surface area contributed by atoms with E-state index in [2.05, 4.69) is 42.1 Å². The summed E-state index contributed by atoms with van der Waals surface area (Å²) in [5, 5.41) is 8.61. The number of methoxy groups -OCH3 is 4. The van der Waals surface area contributed by atoms with E-state index in [4.69, 9.17) is 56.8 Å². The van der Waals surface area contributed by atoms with Crippen LogP contribution < -0.4 is 9.47 Å². The first-order chi connectivity index (χ1) is 26.1. The van der Waals surface area contributed by atoms with E-state index in [9.17, 15) is 9.59 Å². The molecule has 0 amide bonds.